The van der Waals surface area contributed by atoms with E-state index >= 15 is 0 Å². The molecule has 2 aromatic heterocycles. The molecular weight excluding hydrogens is 500 g/mol. The summed E-state index contributed by atoms with van der Waals surface area (Å²) in [4.78, 5) is 33.8. The van der Waals surface area contributed by atoms with Crippen molar-refractivity contribution in [1.29, 1.82) is 0 Å². The minimum absolute atomic E-state index is 0.0687. The molecule has 0 unspecified atom stereocenters. The SMILES string of the molecule is CC(C)C(=O)OC[C@@H](Nc1nc(Nc2ccc3c(c2)OC(C)(C)C3=O)ncc1-c1nnco1)c1ccccc1. The molecular formula is C28H28N6O5. The van der Waals surface area contributed by atoms with E-state index in [2.05, 4.69) is 30.8 Å². The molecule has 0 radical (unpaired) electrons. The van der Waals surface area contributed by atoms with Crippen molar-refractivity contribution in [3.05, 3.63) is 72.2 Å². The molecule has 11 nitrogen and oxygen atoms in total. The first kappa shape index (κ1) is 25.8. The minimum atomic E-state index is -0.911. The van der Waals surface area contributed by atoms with Crippen LogP contribution in [0.2, 0.25) is 0 Å². The van der Waals surface area contributed by atoms with Gasteiger partial charge >= 0.3 is 5.97 Å². The molecule has 5 rings (SSSR count). The molecule has 2 N–H and O–H groups in total. The van der Waals surface area contributed by atoms with E-state index in [1.807, 2.05) is 30.3 Å². The van der Waals surface area contributed by atoms with Crippen LogP contribution < -0.4 is 15.4 Å². The van der Waals surface area contributed by atoms with Crippen LogP contribution in [0.3, 0.4) is 0 Å². The summed E-state index contributed by atoms with van der Waals surface area (Å²) in [5.74, 6) is 0.743. The Kier molecular flexibility index (Phi) is 6.97. The normalized spacial score (nSPS) is 14.4. The number of anilines is 3. The molecule has 0 saturated heterocycles. The number of nitrogens with one attached hydrogen (secondary N) is 2. The molecule has 0 amide bonds. The molecule has 0 fully saturated rings. The van der Waals surface area contributed by atoms with Crippen LogP contribution in [0.15, 0.2) is 65.5 Å². The summed E-state index contributed by atoms with van der Waals surface area (Å²) in [6, 6.07) is 14.4. The molecule has 4 aromatic rings. The van der Waals surface area contributed by atoms with Gasteiger partial charge in [-0.3, -0.25) is 9.59 Å². The highest BCUT2D eigenvalue weighted by Crippen LogP contribution is 2.37. The minimum Gasteiger partial charge on any atom is -0.479 e. The van der Waals surface area contributed by atoms with Gasteiger partial charge in [0, 0.05) is 18.0 Å². The van der Waals surface area contributed by atoms with Crippen LogP contribution in [-0.2, 0) is 9.53 Å². The fourth-order valence-corrected chi connectivity index (χ4v) is 4.05. The van der Waals surface area contributed by atoms with Crippen molar-refractivity contribution >= 4 is 29.2 Å². The van der Waals surface area contributed by atoms with Gasteiger partial charge in [-0.1, -0.05) is 44.2 Å². The smallest absolute Gasteiger partial charge is 0.308 e. The highest BCUT2D eigenvalue weighted by Gasteiger charge is 2.39. The maximum atomic E-state index is 12.5. The Morgan fingerprint density at radius 2 is 1.90 bits per heavy atom. The lowest BCUT2D eigenvalue weighted by Gasteiger charge is -2.21. The van der Waals surface area contributed by atoms with E-state index < -0.39 is 11.6 Å². The van der Waals surface area contributed by atoms with Gasteiger partial charge < -0.3 is 24.5 Å². The van der Waals surface area contributed by atoms with Crippen LogP contribution in [0.1, 0.15) is 49.7 Å². The number of nitrogens with zero attached hydrogens (tertiary/aromatic N) is 4. The van der Waals surface area contributed by atoms with E-state index in [1.54, 1.807) is 52.1 Å². The number of carbonyl (C=O) groups is 2. The van der Waals surface area contributed by atoms with Crippen molar-refractivity contribution in [3.8, 4) is 17.2 Å². The Labute approximate surface area is 225 Å². The second-order valence-corrected chi connectivity index (χ2v) is 9.87. The van der Waals surface area contributed by atoms with E-state index in [0.29, 0.717) is 28.4 Å². The third-order valence-corrected chi connectivity index (χ3v) is 6.15. The molecule has 11 heteroatoms. The second-order valence-electron chi connectivity index (χ2n) is 9.87. The van der Waals surface area contributed by atoms with Crippen molar-refractivity contribution < 1.29 is 23.5 Å². The summed E-state index contributed by atoms with van der Waals surface area (Å²) >= 11 is 0. The highest BCUT2D eigenvalue weighted by molar-refractivity contribution is 6.07. The largest absolute Gasteiger partial charge is 0.479 e. The lowest BCUT2D eigenvalue weighted by molar-refractivity contribution is -0.147. The summed E-state index contributed by atoms with van der Waals surface area (Å²) in [7, 11) is 0. The first-order chi connectivity index (χ1) is 18.7. The average molecular weight is 529 g/mol. The summed E-state index contributed by atoms with van der Waals surface area (Å²) in [5, 5.41) is 14.3. The van der Waals surface area contributed by atoms with E-state index in [4.69, 9.17) is 13.9 Å². The Bertz CT molecular complexity index is 1490. The maximum absolute atomic E-state index is 12.5. The molecule has 39 heavy (non-hydrogen) atoms. The van der Waals surface area contributed by atoms with Crippen LogP contribution >= 0.6 is 0 Å². The standard InChI is InChI=1S/C28H28N6O5/c1-16(2)26(36)37-14-21(17-8-6-5-7-9-17)32-24-20(25-34-30-15-38-25)13-29-27(33-24)31-18-10-11-19-22(12-18)39-28(3,4)23(19)35/h5-13,15-16,21H,14H2,1-4H3,(H2,29,31,32,33)/t21-/m1/s1. The van der Waals surface area contributed by atoms with Crippen LogP contribution in [-0.4, -0.2) is 44.1 Å². The third-order valence-electron chi connectivity index (χ3n) is 6.15. The molecule has 1 aliphatic heterocycles. The van der Waals surface area contributed by atoms with E-state index in [1.165, 1.54) is 6.39 Å². The van der Waals surface area contributed by atoms with Gasteiger partial charge in [0.25, 0.3) is 5.89 Å². The number of ether oxygens (including phenoxy) is 2. The number of rotatable bonds is 9. The van der Waals surface area contributed by atoms with E-state index in [9.17, 15) is 9.59 Å². The first-order valence-corrected chi connectivity index (χ1v) is 12.5. The number of esters is 1. The van der Waals surface area contributed by atoms with Crippen molar-refractivity contribution in [2.45, 2.75) is 39.3 Å². The van der Waals surface area contributed by atoms with Crippen molar-refractivity contribution in [1.82, 2.24) is 20.2 Å². The van der Waals surface area contributed by atoms with Gasteiger partial charge in [-0.05, 0) is 31.5 Å². The monoisotopic (exact) mass is 528 g/mol. The number of fused-ring (bicyclic) bond motifs is 1. The number of benzene rings is 2. The average Bonchev–Trinajstić information content (AvgIpc) is 3.53. The van der Waals surface area contributed by atoms with Crippen molar-refractivity contribution in [2.24, 2.45) is 5.92 Å². The molecule has 200 valence electrons. The zero-order valence-corrected chi connectivity index (χ0v) is 22.0. The topological polar surface area (TPSA) is 141 Å². The number of hydrogen-bond donors (Lipinski definition) is 2. The fourth-order valence-electron chi connectivity index (χ4n) is 4.05. The lowest BCUT2D eigenvalue weighted by atomic mass is 10.00. The van der Waals surface area contributed by atoms with Crippen LogP contribution in [0.4, 0.5) is 17.5 Å². The zero-order valence-electron chi connectivity index (χ0n) is 22.0. The number of Topliss-reactive ketones (excluding diaryl/α,β-unsaturated/α-hetero) is 1. The predicted molar refractivity (Wildman–Crippen MR) is 143 cm³/mol. The summed E-state index contributed by atoms with van der Waals surface area (Å²) < 4.78 is 16.8. The summed E-state index contributed by atoms with van der Waals surface area (Å²) in [6.45, 7) is 7.11. The van der Waals surface area contributed by atoms with Gasteiger partial charge in [0.1, 0.15) is 18.2 Å². The van der Waals surface area contributed by atoms with E-state index in [-0.39, 0.29) is 36.1 Å². The van der Waals surface area contributed by atoms with Gasteiger partial charge in [0.15, 0.2) is 5.60 Å². The van der Waals surface area contributed by atoms with Gasteiger partial charge in [-0.25, -0.2) is 4.98 Å². The van der Waals surface area contributed by atoms with Crippen LogP contribution in [0.25, 0.3) is 11.5 Å². The molecule has 0 bridgehead atoms. The van der Waals surface area contributed by atoms with Crippen molar-refractivity contribution in [2.75, 3.05) is 17.2 Å². The summed E-state index contributed by atoms with van der Waals surface area (Å²) in [5.41, 5.74) is 1.62. The van der Waals surface area contributed by atoms with Gasteiger partial charge in [0.2, 0.25) is 18.1 Å². The highest BCUT2D eigenvalue weighted by atomic mass is 16.5. The van der Waals surface area contributed by atoms with Gasteiger partial charge in [0.05, 0.1) is 23.1 Å². The summed E-state index contributed by atoms with van der Waals surface area (Å²) in [6.07, 6.45) is 2.78. The second kappa shape index (κ2) is 10.5. The Hall–Kier alpha value is -4.80. The van der Waals surface area contributed by atoms with Crippen molar-refractivity contribution in [3.63, 3.8) is 0 Å². The molecule has 0 spiro atoms. The quantitative estimate of drug-likeness (QED) is 0.284. The Morgan fingerprint density at radius 3 is 2.62 bits per heavy atom. The molecule has 1 atom stereocenters. The van der Waals surface area contributed by atoms with Crippen LogP contribution in [0.5, 0.6) is 5.75 Å². The fraction of sp³-hybridized carbons (Fsp3) is 0.286. The number of aromatic nitrogens is 4. The predicted octanol–water partition coefficient (Wildman–Crippen LogP) is 4.98. The Balaban J connectivity index is 1.46. The van der Waals surface area contributed by atoms with E-state index in [0.717, 1.165) is 5.56 Å². The molecule has 0 saturated carbocycles. The third kappa shape index (κ3) is 5.57. The Morgan fingerprint density at radius 1 is 1.10 bits per heavy atom. The molecule has 2 aromatic carbocycles. The maximum Gasteiger partial charge on any atom is 0.308 e. The van der Waals surface area contributed by atoms with Gasteiger partial charge in [-0.2, -0.15) is 4.98 Å². The number of hydrogen-bond acceptors (Lipinski definition) is 11. The molecule has 3 heterocycles. The molecule has 0 aliphatic carbocycles. The lowest BCUT2D eigenvalue weighted by Crippen LogP contribution is -2.31. The van der Waals surface area contributed by atoms with Crippen LogP contribution in [0, 0.1) is 5.92 Å². The number of carbonyl (C=O) groups excluding carboxylic acids is 2. The zero-order chi connectivity index (χ0) is 27.6. The first-order valence-electron chi connectivity index (χ1n) is 12.5. The number of ketones is 1. The molecule has 1 aliphatic rings. The van der Waals surface area contributed by atoms with Gasteiger partial charge in [-0.15, -0.1) is 10.2 Å².